The molecule has 2 heterocycles. The normalized spacial score (nSPS) is 21.2. The van der Waals surface area contributed by atoms with Crippen LogP contribution in [-0.4, -0.2) is 17.7 Å². The monoisotopic (exact) mass is 262 g/mol. The van der Waals surface area contributed by atoms with Crippen LogP contribution < -0.4 is 0 Å². The average molecular weight is 262 g/mol. The molecule has 1 aromatic rings. The van der Waals surface area contributed by atoms with Gasteiger partial charge in [0, 0.05) is 35.3 Å². The van der Waals surface area contributed by atoms with Crippen LogP contribution in [0.2, 0.25) is 0 Å². The van der Waals surface area contributed by atoms with Gasteiger partial charge in [0.25, 0.3) is 0 Å². The summed E-state index contributed by atoms with van der Waals surface area (Å²) in [5.74, 6) is 0. The fourth-order valence-corrected chi connectivity index (χ4v) is 2.49. The van der Waals surface area contributed by atoms with Crippen molar-refractivity contribution in [3.05, 3.63) is 71.6 Å². The molecule has 0 spiro atoms. The summed E-state index contributed by atoms with van der Waals surface area (Å²) >= 11 is 0. The van der Waals surface area contributed by atoms with Crippen LogP contribution in [0.4, 0.5) is 5.69 Å². The summed E-state index contributed by atoms with van der Waals surface area (Å²) in [4.78, 5) is 6.79. The van der Waals surface area contributed by atoms with Crippen LogP contribution in [0.25, 0.3) is 5.57 Å². The highest BCUT2D eigenvalue weighted by molar-refractivity contribution is 6.28. The van der Waals surface area contributed by atoms with Crippen LogP contribution in [0, 0.1) is 0 Å². The lowest BCUT2D eigenvalue weighted by Gasteiger charge is -2.23. The van der Waals surface area contributed by atoms with Crippen molar-refractivity contribution in [2.24, 2.45) is 4.99 Å². The molecule has 2 heteroatoms. The first-order valence-corrected chi connectivity index (χ1v) is 6.82. The topological polar surface area (TPSA) is 15.6 Å². The largest absolute Gasteiger partial charge is 0.348 e. The van der Waals surface area contributed by atoms with Gasteiger partial charge in [-0.1, -0.05) is 30.4 Å². The Morgan fingerprint density at radius 1 is 1.10 bits per heavy atom. The minimum Gasteiger partial charge on any atom is -0.348 e. The first-order valence-electron chi connectivity index (χ1n) is 6.82. The van der Waals surface area contributed by atoms with Crippen molar-refractivity contribution in [3.63, 3.8) is 0 Å². The summed E-state index contributed by atoms with van der Waals surface area (Å²) in [5.41, 5.74) is 7.01. The summed E-state index contributed by atoms with van der Waals surface area (Å²) in [6.07, 6.45) is 10.6. The van der Waals surface area contributed by atoms with E-state index in [4.69, 9.17) is 0 Å². The number of benzene rings is 1. The average Bonchev–Trinajstić information content (AvgIpc) is 2.76. The molecule has 0 amide bonds. The quantitative estimate of drug-likeness (QED) is 0.729. The molecule has 0 radical (unpaired) electrons. The van der Waals surface area contributed by atoms with Crippen molar-refractivity contribution in [1.82, 2.24) is 4.90 Å². The summed E-state index contributed by atoms with van der Waals surface area (Å²) in [5, 5.41) is 0. The van der Waals surface area contributed by atoms with E-state index in [1.54, 1.807) is 0 Å². The second-order valence-corrected chi connectivity index (χ2v) is 5.11. The number of allylic oxidation sites excluding steroid dienone is 7. The number of fused-ring (bicyclic) bond motifs is 1. The molecule has 100 valence electrons. The summed E-state index contributed by atoms with van der Waals surface area (Å²) < 4.78 is 0. The van der Waals surface area contributed by atoms with E-state index in [2.05, 4.69) is 79.4 Å². The van der Waals surface area contributed by atoms with Crippen LogP contribution >= 0.6 is 0 Å². The van der Waals surface area contributed by atoms with Gasteiger partial charge in [0.05, 0.1) is 5.69 Å². The zero-order chi connectivity index (χ0) is 14.1. The van der Waals surface area contributed by atoms with E-state index < -0.39 is 0 Å². The standard InChI is InChI=1S/C18H18N2/c1-13-7-6-8-15(20(13)3)11-12-16-14(2)19-18-10-5-4-9-17(16)18/h4-12H,1-3H3/b15-11-,16-12+. The molecule has 2 aliphatic heterocycles. The van der Waals surface area contributed by atoms with E-state index in [0.29, 0.717) is 0 Å². The van der Waals surface area contributed by atoms with E-state index in [9.17, 15) is 0 Å². The number of para-hydroxylation sites is 1. The molecule has 3 rings (SSSR count). The lowest BCUT2D eigenvalue weighted by atomic mass is 10.0. The second kappa shape index (κ2) is 4.97. The predicted octanol–water partition coefficient (Wildman–Crippen LogP) is 4.47. The number of aliphatic imine (C=N–C) groups is 1. The molecule has 0 aromatic heterocycles. The number of likely N-dealkylation sites (N-methyl/N-ethyl adjacent to an activating group) is 1. The zero-order valence-corrected chi connectivity index (χ0v) is 12.1. The van der Waals surface area contributed by atoms with Crippen LogP contribution in [0.3, 0.4) is 0 Å². The van der Waals surface area contributed by atoms with Gasteiger partial charge >= 0.3 is 0 Å². The van der Waals surface area contributed by atoms with Gasteiger partial charge < -0.3 is 4.90 Å². The number of nitrogens with zero attached hydrogens (tertiary/aromatic N) is 2. The molecule has 0 fully saturated rings. The van der Waals surface area contributed by atoms with Crippen LogP contribution in [0.5, 0.6) is 0 Å². The Morgan fingerprint density at radius 3 is 2.75 bits per heavy atom. The molecule has 2 nitrogen and oxygen atoms in total. The summed E-state index contributed by atoms with van der Waals surface area (Å²) in [7, 11) is 2.09. The fourth-order valence-electron chi connectivity index (χ4n) is 2.49. The van der Waals surface area contributed by atoms with Gasteiger partial charge in [0.15, 0.2) is 0 Å². The van der Waals surface area contributed by atoms with Crippen molar-refractivity contribution in [3.8, 4) is 0 Å². The van der Waals surface area contributed by atoms with Crippen LogP contribution in [0.1, 0.15) is 19.4 Å². The number of hydrogen-bond acceptors (Lipinski definition) is 2. The molecule has 0 saturated heterocycles. The highest BCUT2D eigenvalue weighted by atomic mass is 15.1. The fraction of sp³-hybridized carbons (Fsp3) is 0.167. The maximum Gasteiger partial charge on any atom is 0.0712 e. The van der Waals surface area contributed by atoms with Gasteiger partial charge in [-0.25, -0.2) is 0 Å². The third-order valence-electron chi connectivity index (χ3n) is 3.81. The highest BCUT2D eigenvalue weighted by Gasteiger charge is 2.16. The van der Waals surface area contributed by atoms with Crippen molar-refractivity contribution in [2.75, 3.05) is 7.05 Å². The van der Waals surface area contributed by atoms with Gasteiger partial charge in [-0.2, -0.15) is 0 Å². The molecule has 0 unspecified atom stereocenters. The minimum atomic E-state index is 1.07. The Morgan fingerprint density at radius 2 is 1.90 bits per heavy atom. The Balaban J connectivity index is 1.97. The molecule has 0 N–H and O–H groups in total. The summed E-state index contributed by atoms with van der Waals surface area (Å²) in [6, 6.07) is 8.29. The summed E-state index contributed by atoms with van der Waals surface area (Å²) in [6.45, 7) is 4.18. The second-order valence-electron chi connectivity index (χ2n) is 5.11. The molecule has 0 atom stereocenters. The zero-order valence-electron chi connectivity index (χ0n) is 12.1. The maximum atomic E-state index is 4.61. The first kappa shape index (κ1) is 12.7. The molecule has 0 bridgehead atoms. The van der Waals surface area contributed by atoms with Crippen molar-refractivity contribution < 1.29 is 0 Å². The SMILES string of the molecule is CC1=CC=C/C(=C/C=C2\C(C)=Nc3ccccc32)N1C. The smallest absolute Gasteiger partial charge is 0.0712 e. The lowest BCUT2D eigenvalue weighted by molar-refractivity contribution is 0.533. The molecular weight excluding hydrogens is 244 g/mol. The third-order valence-corrected chi connectivity index (χ3v) is 3.81. The van der Waals surface area contributed by atoms with Gasteiger partial charge in [0.1, 0.15) is 0 Å². The van der Waals surface area contributed by atoms with Crippen molar-refractivity contribution in [2.45, 2.75) is 13.8 Å². The van der Waals surface area contributed by atoms with Crippen molar-refractivity contribution in [1.29, 1.82) is 0 Å². The van der Waals surface area contributed by atoms with Gasteiger partial charge in [-0.15, -0.1) is 0 Å². The maximum absolute atomic E-state index is 4.61. The van der Waals surface area contributed by atoms with E-state index >= 15 is 0 Å². The molecule has 2 aliphatic rings. The van der Waals surface area contributed by atoms with E-state index in [1.165, 1.54) is 22.5 Å². The Kier molecular flexibility index (Phi) is 3.15. The van der Waals surface area contributed by atoms with E-state index in [1.807, 2.05) is 6.07 Å². The molecule has 20 heavy (non-hydrogen) atoms. The minimum absolute atomic E-state index is 1.07. The predicted molar refractivity (Wildman–Crippen MR) is 85.9 cm³/mol. The van der Waals surface area contributed by atoms with E-state index in [0.717, 1.165) is 11.4 Å². The van der Waals surface area contributed by atoms with Crippen LogP contribution in [0.15, 0.2) is 71.0 Å². The highest BCUT2D eigenvalue weighted by Crippen LogP contribution is 2.34. The first-order chi connectivity index (χ1) is 9.66. The number of rotatable bonds is 1. The molecule has 1 aromatic carbocycles. The van der Waals surface area contributed by atoms with E-state index in [-0.39, 0.29) is 0 Å². The molecular formula is C18H18N2. The Bertz CT molecular complexity index is 700. The van der Waals surface area contributed by atoms with Gasteiger partial charge in [0.2, 0.25) is 0 Å². The van der Waals surface area contributed by atoms with Crippen molar-refractivity contribution >= 4 is 17.0 Å². The third kappa shape index (κ3) is 2.14. The van der Waals surface area contributed by atoms with Gasteiger partial charge in [-0.05, 0) is 38.1 Å². The Labute approximate surface area is 120 Å². The lowest BCUT2D eigenvalue weighted by Crippen LogP contribution is -2.15. The van der Waals surface area contributed by atoms with Crippen LogP contribution in [-0.2, 0) is 0 Å². The van der Waals surface area contributed by atoms with Gasteiger partial charge in [-0.3, -0.25) is 4.99 Å². The number of hydrogen-bond donors (Lipinski definition) is 0. The Hall–Kier alpha value is -2.35. The molecule has 0 aliphatic carbocycles. The molecule has 0 saturated carbocycles.